The molecule has 0 saturated heterocycles. The molecule has 5 rings (SSSR count). The van der Waals surface area contributed by atoms with Crippen LogP contribution in [0.1, 0.15) is 111 Å². The molecule has 0 atom stereocenters. The summed E-state index contributed by atoms with van der Waals surface area (Å²) in [7, 11) is -2.95. The first kappa shape index (κ1) is 37.8. The molecule has 0 fully saturated rings. The summed E-state index contributed by atoms with van der Waals surface area (Å²) in [5, 5.41) is 3.58. The SMILES string of the molecule is CC(C)(C)c1ccc2cc(-c3c(OP(O)O)ccc(C(F)(F)F)c3-c3cc4ccc(C(C)(C)C)cc4cc3C(C)(C)C)c(C(C)(C)C)cc2c1. The summed E-state index contributed by atoms with van der Waals surface area (Å²) in [6.07, 6.45) is -4.73. The number of benzene rings is 5. The highest BCUT2D eigenvalue weighted by molar-refractivity contribution is 7.39. The molecule has 50 heavy (non-hydrogen) atoms. The zero-order chi connectivity index (χ0) is 37.4. The summed E-state index contributed by atoms with van der Waals surface area (Å²) in [5.41, 5.74) is 2.83. The van der Waals surface area contributed by atoms with Crippen molar-refractivity contribution < 1.29 is 27.5 Å². The quantitative estimate of drug-likeness (QED) is 0.183. The lowest BCUT2D eigenvalue weighted by molar-refractivity contribution is -0.137. The molecule has 5 aromatic carbocycles. The van der Waals surface area contributed by atoms with Crippen molar-refractivity contribution in [1.82, 2.24) is 0 Å². The first-order valence-corrected chi connectivity index (χ1v) is 18.2. The second-order valence-corrected chi connectivity index (χ2v) is 18.3. The van der Waals surface area contributed by atoms with Gasteiger partial charge in [0, 0.05) is 11.1 Å². The first-order chi connectivity index (χ1) is 22.8. The molecule has 0 spiro atoms. The minimum atomic E-state index is -4.73. The number of rotatable bonds is 4. The summed E-state index contributed by atoms with van der Waals surface area (Å²) in [5.74, 6) is -0.0247. The largest absolute Gasteiger partial charge is 0.426 e. The van der Waals surface area contributed by atoms with Crippen LogP contribution < -0.4 is 4.52 Å². The molecular formula is C43H50F3O3P. The Kier molecular flexibility index (Phi) is 9.57. The lowest BCUT2D eigenvalue weighted by Crippen LogP contribution is -2.17. The van der Waals surface area contributed by atoms with Crippen LogP contribution in [0.5, 0.6) is 5.75 Å². The molecule has 0 aliphatic rings. The molecule has 0 unspecified atom stereocenters. The van der Waals surface area contributed by atoms with Crippen LogP contribution in [0.25, 0.3) is 43.8 Å². The standard InChI is InChI=1S/C43H50F3O3P/c1-39(2,3)29-15-13-25-21-31(34(41(7,8)9)23-27(25)19-29)37-33(43(44,45)46)17-18-36(49-50(47)48)38(37)32-22-26-14-16-30(40(4,5)6)20-28(26)24-35(32)42(10,11)12/h13-24,47-48H,1-12H3. The molecule has 0 amide bonds. The molecule has 7 heteroatoms. The fraction of sp³-hybridized carbons (Fsp3) is 0.395. The van der Waals surface area contributed by atoms with Crippen LogP contribution in [-0.2, 0) is 27.8 Å². The van der Waals surface area contributed by atoms with Crippen LogP contribution in [0.3, 0.4) is 0 Å². The van der Waals surface area contributed by atoms with E-state index >= 15 is 13.2 Å². The van der Waals surface area contributed by atoms with Gasteiger partial charge in [0.2, 0.25) is 0 Å². The molecule has 0 aliphatic carbocycles. The van der Waals surface area contributed by atoms with Crippen LogP contribution >= 0.6 is 8.60 Å². The van der Waals surface area contributed by atoms with Gasteiger partial charge in [0.1, 0.15) is 5.75 Å². The van der Waals surface area contributed by atoms with E-state index < -0.39 is 31.2 Å². The second kappa shape index (κ2) is 12.7. The molecule has 5 aromatic rings. The third kappa shape index (κ3) is 7.59. The summed E-state index contributed by atoms with van der Waals surface area (Å²) >= 11 is 0. The van der Waals surface area contributed by atoms with Crippen molar-refractivity contribution >= 4 is 30.1 Å². The Morgan fingerprint density at radius 2 is 0.880 bits per heavy atom. The summed E-state index contributed by atoms with van der Waals surface area (Å²) < 4.78 is 51.7. The molecule has 0 saturated carbocycles. The van der Waals surface area contributed by atoms with E-state index in [9.17, 15) is 9.79 Å². The monoisotopic (exact) mass is 702 g/mol. The lowest BCUT2D eigenvalue weighted by Gasteiger charge is -2.30. The van der Waals surface area contributed by atoms with Crippen molar-refractivity contribution in [2.24, 2.45) is 0 Å². The number of hydrogen-bond donors (Lipinski definition) is 2. The first-order valence-electron chi connectivity index (χ1n) is 17.0. The van der Waals surface area contributed by atoms with E-state index in [1.807, 2.05) is 77.9 Å². The predicted octanol–water partition coefficient (Wildman–Crippen LogP) is 13.1. The second-order valence-electron chi connectivity index (χ2n) is 17.6. The van der Waals surface area contributed by atoms with Crippen LogP contribution in [0.2, 0.25) is 0 Å². The van der Waals surface area contributed by atoms with Gasteiger partial charge < -0.3 is 14.3 Å². The third-order valence-corrected chi connectivity index (χ3v) is 9.85. The van der Waals surface area contributed by atoms with E-state index in [0.717, 1.165) is 49.9 Å². The van der Waals surface area contributed by atoms with Crippen LogP contribution in [0, 0.1) is 0 Å². The van der Waals surface area contributed by atoms with Gasteiger partial charge in [-0.3, -0.25) is 0 Å². The maximum absolute atomic E-state index is 15.4. The van der Waals surface area contributed by atoms with E-state index in [2.05, 4.69) is 65.8 Å². The van der Waals surface area contributed by atoms with Crippen LogP contribution in [-0.4, -0.2) is 9.79 Å². The van der Waals surface area contributed by atoms with Crippen molar-refractivity contribution in [3.63, 3.8) is 0 Å². The van der Waals surface area contributed by atoms with E-state index in [1.54, 1.807) is 0 Å². The van der Waals surface area contributed by atoms with Crippen molar-refractivity contribution in [2.45, 2.75) is 111 Å². The number of fused-ring (bicyclic) bond motifs is 2. The Bertz CT molecular complexity index is 2080. The highest BCUT2D eigenvalue weighted by Gasteiger charge is 2.39. The van der Waals surface area contributed by atoms with Crippen LogP contribution in [0.4, 0.5) is 13.2 Å². The van der Waals surface area contributed by atoms with E-state index in [-0.39, 0.29) is 27.7 Å². The summed E-state index contributed by atoms with van der Waals surface area (Å²) in [4.78, 5) is 20.3. The highest BCUT2D eigenvalue weighted by Crippen LogP contribution is 2.53. The van der Waals surface area contributed by atoms with Crippen molar-refractivity contribution in [3.8, 4) is 28.0 Å². The van der Waals surface area contributed by atoms with Gasteiger partial charge in [-0.05, 0) is 113 Å². The van der Waals surface area contributed by atoms with Gasteiger partial charge >= 0.3 is 14.8 Å². The molecule has 0 aromatic heterocycles. The zero-order valence-corrected chi connectivity index (χ0v) is 32.2. The van der Waals surface area contributed by atoms with Crippen molar-refractivity contribution in [1.29, 1.82) is 0 Å². The maximum atomic E-state index is 15.4. The highest BCUT2D eigenvalue weighted by atomic mass is 31.2. The van der Waals surface area contributed by atoms with Gasteiger partial charge in [0.15, 0.2) is 0 Å². The fourth-order valence-corrected chi connectivity index (χ4v) is 7.04. The molecule has 0 radical (unpaired) electrons. The van der Waals surface area contributed by atoms with E-state index in [4.69, 9.17) is 4.52 Å². The number of alkyl halides is 3. The molecule has 0 heterocycles. The minimum Gasteiger partial charge on any atom is -0.426 e. The topological polar surface area (TPSA) is 49.7 Å². The summed E-state index contributed by atoms with van der Waals surface area (Å²) in [6.45, 7) is 25.0. The number of halogens is 3. The molecular weight excluding hydrogens is 652 g/mol. The molecule has 2 N–H and O–H groups in total. The molecule has 0 bridgehead atoms. The predicted molar refractivity (Wildman–Crippen MR) is 204 cm³/mol. The molecule has 3 nitrogen and oxygen atoms in total. The Hall–Kier alpha value is -3.44. The van der Waals surface area contributed by atoms with Gasteiger partial charge in [-0.25, -0.2) is 0 Å². The van der Waals surface area contributed by atoms with Gasteiger partial charge in [0.05, 0.1) is 5.56 Å². The van der Waals surface area contributed by atoms with Crippen molar-refractivity contribution in [2.75, 3.05) is 0 Å². The normalized spacial score (nSPS) is 13.5. The van der Waals surface area contributed by atoms with E-state index in [1.165, 1.54) is 6.07 Å². The average Bonchev–Trinajstić information content (AvgIpc) is 2.96. The molecule has 266 valence electrons. The van der Waals surface area contributed by atoms with Gasteiger partial charge in [-0.2, -0.15) is 13.2 Å². The number of hydrogen-bond acceptors (Lipinski definition) is 3. The Balaban J connectivity index is 2.02. The lowest BCUT2D eigenvalue weighted by atomic mass is 9.74. The zero-order valence-electron chi connectivity index (χ0n) is 31.3. The Labute approximate surface area is 296 Å². The van der Waals surface area contributed by atoms with Crippen molar-refractivity contribution in [3.05, 3.63) is 101 Å². The van der Waals surface area contributed by atoms with Gasteiger partial charge in [-0.1, -0.05) is 119 Å². The minimum absolute atomic E-state index is 0.0247. The summed E-state index contributed by atoms with van der Waals surface area (Å²) in [6, 6.07) is 22.4. The molecule has 0 aliphatic heterocycles. The Morgan fingerprint density at radius 1 is 0.460 bits per heavy atom. The van der Waals surface area contributed by atoms with E-state index in [0.29, 0.717) is 11.1 Å². The maximum Gasteiger partial charge on any atom is 0.417 e. The van der Waals surface area contributed by atoms with Crippen LogP contribution in [0.15, 0.2) is 72.8 Å². The van der Waals surface area contributed by atoms with Gasteiger partial charge in [0.25, 0.3) is 0 Å². The third-order valence-electron chi connectivity index (χ3n) is 9.49. The van der Waals surface area contributed by atoms with Gasteiger partial charge in [-0.15, -0.1) is 0 Å². The smallest absolute Gasteiger partial charge is 0.417 e. The average molecular weight is 703 g/mol. The Morgan fingerprint density at radius 3 is 1.24 bits per heavy atom. The fourth-order valence-electron chi connectivity index (χ4n) is 6.71.